The third-order valence-electron chi connectivity index (χ3n) is 18.4. The summed E-state index contributed by atoms with van der Waals surface area (Å²) in [7, 11) is -3.59. The lowest BCUT2D eigenvalue weighted by Gasteiger charge is -2.37. The molecule has 5 heterocycles. The molecular formula is C74H82FN11O13S. The summed E-state index contributed by atoms with van der Waals surface area (Å²) >= 11 is 0. The molecule has 1 saturated carbocycles. The Balaban J connectivity index is 0.730. The van der Waals surface area contributed by atoms with Gasteiger partial charge in [0.1, 0.15) is 49.4 Å². The number of hydrogen-bond acceptors (Lipinski definition) is 17. The van der Waals surface area contributed by atoms with Gasteiger partial charge in [-0.05, 0) is 132 Å². The highest BCUT2D eigenvalue weighted by molar-refractivity contribution is 7.90. The van der Waals surface area contributed by atoms with Gasteiger partial charge in [-0.1, -0.05) is 109 Å². The minimum atomic E-state index is -3.59. The maximum absolute atomic E-state index is 15.2. The number of rotatable bonds is 29. The third-order valence-corrected chi connectivity index (χ3v) is 19.2. The van der Waals surface area contributed by atoms with Crippen LogP contribution in [0.4, 0.5) is 4.39 Å². The maximum atomic E-state index is 15.2. The van der Waals surface area contributed by atoms with Gasteiger partial charge < -0.3 is 51.0 Å². The van der Waals surface area contributed by atoms with Crippen LogP contribution in [0.3, 0.4) is 0 Å². The summed E-state index contributed by atoms with van der Waals surface area (Å²) in [4.78, 5) is 122. The predicted molar refractivity (Wildman–Crippen MR) is 368 cm³/mol. The molecule has 26 heteroatoms. The van der Waals surface area contributed by atoms with E-state index in [9.17, 15) is 51.9 Å². The summed E-state index contributed by atoms with van der Waals surface area (Å²) in [5.74, 6) is 0.508. The highest BCUT2D eigenvalue weighted by atomic mass is 32.2. The predicted octanol–water partition coefficient (Wildman–Crippen LogP) is 5.49. The molecule has 3 aliphatic rings. The third kappa shape index (κ3) is 16.5. The van der Waals surface area contributed by atoms with E-state index in [0.717, 1.165) is 28.5 Å². The Hall–Kier alpha value is -10.1. The zero-order chi connectivity index (χ0) is 71.6. The first-order valence-electron chi connectivity index (χ1n) is 33.4. The Bertz CT molecular complexity index is 4470. The molecular weight excluding hydrogens is 1300 g/mol. The quantitative estimate of drug-likeness (QED) is 0.00718. The molecule has 7 aromatic rings. The Labute approximate surface area is 578 Å². The first kappa shape index (κ1) is 72.7. The van der Waals surface area contributed by atoms with E-state index in [1.54, 1.807) is 26.0 Å². The fourth-order valence-electron chi connectivity index (χ4n) is 12.5. The van der Waals surface area contributed by atoms with Gasteiger partial charge in [-0.3, -0.25) is 38.9 Å². The molecule has 524 valence electrons. The number of cyclic esters (lactones) is 1. The van der Waals surface area contributed by atoms with Crippen molar-refractivity contribution in [3.05, 3.63) is 187 Å². The second-order valence-electron chi connectivity index (χ2n) is 25.7. The lowest BCUT2D eigenvalue weighted by Crippen LogP contribution is -2.56. The van der Waals surface area contributed by atoms with Crippen LogP contribution in [0.1, 0.15) is 141 Å². The van der Waals surface area contributed by atoms with Crippen molar-refractivity contribution in [3.8, 4) is 23.2 Å². The van der Waals surface area contributed by atoms with Gasteiger partial charge in [-0.2, -0.15) is 0 Å². The number of carbonyl (C=O) groups excluding carboxylic acids is 7. The Morgan fingerprint density at radius 3 is 2.02 bits per heavy atom. The number of hydrogen-bond donors (Lipinski definition) is 8. The fraction of sp³-hybridized carbons (Fsp3) is 0.392. The molecule has 1 aliphatic carbocycles. The number of aromatic nitrogens is 4. The second-order valence-corrected chi connectivity index (χ2v) is 27.6. The number of carbonyl (C=O) groups is 7. The van der Waals surface area contributed by atoms with Gasteiger partial charge in [0.2, 0.25) is 50.4 Å². The summed E-state index contributed by atoms with van der Waals surface area (Å²) in [6, 6.07) is 28.4. The van der Waals surface area contributed by atoms with E-state index in [4.69, 9.17) is 14.5 Å². The van der Waals surface area contributed by atoms with Crippen LogP contribution in [0.2, 0.25) is 0 Å². The first-order chi connectivity index (χ1) is 47.8. The van der Waals surface area contributed by atoms with Crippen molar-refractivity contribution < 1.29 is 61.0 Å². The molecule has 6 amide bonds. The fourth-order valence-corrected chi connectivity index (χ4v) is 13.0. The first-order valence-corrected chi connectivity index (χ1v) is 35.3. The molecule has 2 aliphatic heterocycles. The van der Waals surface area contributed by atoms with Crippen LogP contribution >= 0.6 is 0 Å². The molecule has 0 unspecified atom stereocenters. The number of ether oxygens (including phenoxy) is 2. The molecule has 10 rings (SSSR count). The summed E-state index contributed by atoms with van der Waals surface area (Å²) in [6.07, 6.45) is 5.69. The van der Waals surface area contributed by atoms with E-state index in [0.29, 0.717) is 77.7 Å². The van der Waals surface area contributed by atoms with Crippen LogP contribution < -0.4 is 42.8 Å². The molecule has 0 radical (unpaired) electrons. The van der Waals surface area contributed by atoms with Gasteiger partial charge in [0, 0.05) is 60.6 Å². The van der Waals surface area contributed by atoms with Gasteiger partial charge in [-0.15, -0.1) is 0 Å². The van der Waals surface area contributed by atoms with E-state index in [2.05, 4.69) is 108 Å². The SMILES string of the molecule is CC[C@@]1(O)C(=O)OCc2c1cc1n(c2=O)Cc2c-1nc1cc(F)c(C)cc1c2CNC(=O)[C@H](OCNC(=O)[C@H](C)NC(=O)[C@H](C)NC(=O)[C@H](C)NC(=O)[C@H](CCCCNC(c1ccccc1)(c1ccccc1)c1ccc(C)cc1)NC(=O)CCCC#Cc1cnc(S(C)(=O)=O)nc1)C1CC1. The van der Waals surface area contributed by atoms with Gasteiger partial charge in [0.05, 0.1) is 40.1 Å². The average Bonchev–Trinajstić information content (AvgIpc) is 1.50. The van der Waals surface area contributed by atoms with Crippen molar-refractivity contribution >= 4 is 62.2 Å². The molecule has 100 heavy (non-hydrogen) atoms. The Kier molecular flexibility index (Phi) is 22.8. The van der Waals surface area contributed by atoms with Crippen molar-refractivity contribution in [3.63, 3.8) is 0 Å². The summed E-state index contributed by atoms with van der Waals surface area (Å²) in [5.41, 5.74) is 3.85. The lowest BCUT2D eigenvalue weighted by atomic mass is 9.76. The monoisotopic (exact) mass is 1380 g/mol. The average molecular weight is 1380 g/mol. The topological polar surface area (TPSA) is 337 Å². The van der Waals surface area contributed by atoms with Gasteiger partial charge >= 0.3 is 5.97 Å². The number of fused-ring (bicyclic) bond motifs is 5. The minimum absolute atomic E-state index is 0.00257. The van der Waals surface area contributed by atoms with Crippen LogP contribution in [0.15, 0.2) is 125 Å². The highest BCUT2D eigenvalue weighted by Crippen LogP contribution is 2.42. The number of halogens is 1. The molecule has 0 spiro atoms. The van der Waals surface area contributed by atoms with E-state index in [-0.39, 0.29) is 73.1 Å². The maximum Gasteiger partial charge on any atom is 0.343 e. The zero-order valence-corrected chi connectivity index (χ0v) is 57.6. The van der Waals surface area contributed by atoms with Crippen molar-refractivity contribution in [2.75, 3.05) is 19.5 Å². The molecule has 8 N–H and O–H groups in total. The van der Waals surface area contributed by atoms with Gasteiger partial charge in [0.25, 0.3) is 5.56 Å². The molecule has 4 aromatic carbocycles. The second kappa shape index (κ2) is 31.4. The summed E-state index contributed by atoms with van der Waals surface area (Å²) < 4.78 is 51.4. The number of benzene rings is 4. The number of amides is 6. The largest absolute Gasteiger partial charge is 0.458 e. The molecule has 6 atom stereocenters. The zero-order valence-electron chi connectivity index (χ0n) is 56.8. The Morgan fingerprint density at radius 1 is 0.780 bits per heavy atom. The minimum Gasteiger partial charge on any atom is -0.458 e. The number of nitrogens with one attached hydrogen (secondary N) is 7. The molecule has 3 aromatic heterocycles. The van der Waals surface area contributed by atoms with E-state index in [1.807, 2.05) is 43.3 Å². The summed E-state index contributed by atoms with van der Waals surface area (Å²) in [5, 5.41) is 31.7. The van der Waals surface area contributed by atoms with Gasteiger partial charge in [0.15, 0.2) is 5.60 Å². The molecule has 0 bridgehead atoms. The Morgan fingerprint density at radius 2 is 1.40 bits per heavy atom. The number of aliphatic hydroxyl groups is 1. The molecule has 0 saturated heterocycles. The van der Waals surface area contributed by atoms with Crippen LogP contribution in [0.5, 0.6) is 0 Å². The van der Waals surface area contributed by atoms with E-state index < -0.39 is 111 Å². The van der Waals surface area contributed by atoms with Crippen LogP contribution in [-0.4, -0.2) is 124 Å². The number of pyridine rings is 2. The summed E-state index contributed by atoms with van der Waals surface area (Å²) in [6.45, 7) is 9.16. The highest BCUT2D eigenvalue weighted by Gasteiger charge is 2.46. The standard InChI is InChI=1S/C74H82FN11O13S/c1-8-73(95)57-35-61-63-55(40-86(61)70(93)56(57)41-98-71(73)94)54(53-34-44(3)58(75)36-60(53)85-63)39-76-69(92)64(49-29-30-49)99-42-79-65(88)45(4)81-66(89)46(5)82-67(90)47(6)83-68(91)59(84-62(87)26-17-9-12-20-48-37-77-72(78-38-48)100(7,96)97)25-18-19-33-80-74(50-21-13-10-14-22-50,51-23-15-11-16-24-51)52-31-27-43(2)28-32-52/h10-11,13-16,21-24,27-28,31-32,34-38,45-47,49,59,64,80,95H,8-9,17-19,25-26,29-30,33,39-42H2,1-7H3,(H,76,92)(H,79,88)(H,81,89)(H,82,90)(H,83,91)(H,84,87)/t45-,46-,47-,59-,64+,73-/m0/s1. The number of esters is 1. The van der Waals surface area contributed by atoms with Crippen molar-refractivity contribution in [2.24, 2.45) is 5.92 Å². The normalized spacial score (nSPS) is 16.1. The molecule has 1 fully saturated rings. The van der Waals surface area contributed by atoms with Gasteiger partial charge in [-0.25, -0.2) is 32.6 Å². The smallest absolute Gasteiger partial charge is 0.343 e. The lowest BCUT2D eigenvalue weighted by molar-refractivity contribution is -0.172. The van der Waals surface area contributed by atoms with Crippen molar-refractivity contribution in [1.82, 2.24) is 56.7 Å². The number of aryl methyl sites for hydroxylation is 2. The van der Waals surface area contributed by atoms with E-state index in [1.165, 1.54) is 43.8 Å². The van der Waals surface area contributed by atoms with Crippen LogP contribution in [-0.2, 0) is 83.7 Å². The molecule has 24 nitrogen and oxygen atoms in total. The van der Waals surface area contributed by atoms with Crippen molar-refractivity contribution in [1.29, 1.82) is 0 Å². The van der Waals surface area contributed by atoms with Crippen molar-refractivity contribution in [2.45, 2.75) is 166 Å². The van der Waals surface area contributed by atoms with Crippen LogP contribution in [0, 0.1) is 37.4 Å². The number of sulfone groups is 1. The number of nitrogens with zero attached hydrogens (tertiary/aromatic N) is 4. The van der Waals surface area contributed by atoms with E-state index >= 15 is 4.39 Å². The number of unbranched alkanes of at least 4 members (excludes halogenated alkanes) is 2. The van der Waals surface area contributed by atoms with Crippen LogP contribution in [0.25, 0.3) is 22.3 Å².